The molecular weight excluding hydrogens is 344 g/mol. The lowest BCUT2D eigenvalue weighted by molar-refractivity contribution is 0.0166. The Hall–Kier alpha value is -2.07. The van der Waals surface area contributed by atoms with E-state index in [4.69, 9.17) is 9.15 Å². The van der Waals surface area contributed by atoms with Gasteiger partial charge in [0.1, 0.15) is 11.8 Å². The topological polar surface area (TPSA) is 85.5 Å². The van der Waals surface area contributed by atoms with E-state index in [1.807, 2.05) is 0 Å². The monoisotopic (exact) mass is 359 g/mol. The van der Waals surface area contributed by atoms with E-state index >= 15 is 0 Å². The summed E-state index contributed by atoms with van der Waals surface area (Å²) in [5, 5.41) is 7.30. The van der Waals surface area contributed by atoms with Crippen molar-refractivity contribution in [3.63, 3.8) is 0 Å². The predicted molar refractivity (Wildman–Crippen MR) is 78.2 cm³/mol. The average Bonchev–Trinajstić information content (AvgIpc) is 3.10. The van der Waals surface area contributed by atoms with Gasteiger partial charge in [-0.1, -0.05) is 6.07 Å². The number of sulfonamides is 1. The van der Waals surface area contributed by atoms with E-state index in [1.54, 1.807) is 6.07 Å². The molecule has 2 heterocycles. The molecule has 0 aliphatic carbocycles. The van der Waals surface area contributed by atoms with E-state index in [0.717, 1.165) is 0 Å². The van der Waals surface area contributed by atoms with Crippen LogP contribution in [-0.2, 0) is 10.0 Å². The molecule has 1 atom stereocenters. The van der Waals surface area contributed by atoms with Gasteiger partial charge in [-0.05, 0) is 12.1 Å². The number of nitrogens with zero attached hydrogens (tertiary/aromatic N) is 3. The molecule has 2 aromatic rings. The van der Waals surface area contributed by atoms with Crippen LogP contribution in [0.1, 0.15) is 24.2 Å². The minimum absolute atomic E-state index is 0.138. The molecule has 1 aromatic heterocycles. The molecule has 7 nitrogen and oxygen atoms in total. The zero-order valence-corrected chi connectivity index (χ0v) is 13.8. The van der Waals surface area contributed by atoms with E-state index in [9.17, 15) is 17.2 Å². The van der Waals surface area contributed by atoms with E-state index in [-0.39, 0.29) is 16.7 Å². The Labute approximate surface area is 137 Å². The van der Waals surface area contributed by atoms with Crippen LogP contribution < -0.4 is 4.74 Å². The SMILES string of the molecule is COc1cccc(S(=O)(=O)N2CC(F)(F)C[C@H]2c2nnc(C)o2)c1. The molecule has 130 valence electrons. The fourth-order valence-electron chi connectivity index (χ4n) is 2.59. The van der Waals surface area contributed by atoms with E-state index in [2.05, 4.69) is 10.2 Å². The van der Waals surface area contributed by atoms with E-state index in [1.165, 1.54) is 32.2 Å². The fourth-order valence-corrected chi connectivity index (χ4v) is 4.24. The highest BCUT2D eigenvalue weighted by molar-refractivity contribution is 7.89. The van der Waals surface area contributed by atoms with Crippen LogP contribution in [0.2, 0.25) is 0 Å². The molecule has 24 heavy (non-hydrogen) atoms. The lowest BCUT2D eigenvalue weighted by Crippen LogP contribution is -2.33. The Bertz CT molecular complexity index is 853. The van der Waals surface area contributed by atoms with Gasteiger partial charge in [0, 0.05) is 19.4 Å². The lowest BCUT2D eigenvalue weighted by atomic mass is 10.2. The molecule has 10 heteroatoms. The molecule has 0 spiro atoms. The zero-order chi connectivity index (χ0) is 17.5. The maximum atomic E-state index is 13.9. The molecule has 3 rings (SSSR count). The Morgan fingerprint density at radius 3 is 2.75 bits per heavy atom. The standard InChI is InChI=1S/C14H15F2N3O4S/c1-9-17-18-13(23-9)12-7-14(15,16)8-19(12)24(20,21)11-5-3-4-10(6-11)22-2/h3-6,12H,7-8H2,1-2H3/t12-/m0/s1. The average molecular weight is 359 g/mol. The lowest BCUT2D eigenvalue weighted by Gasteiger charge is -2.21. The number of hydrogen-bond donors (Lipinski definition) is 0. The number of ether oxygens (including phenoxy) is 1. The van der Waals surface area contributed by atoms with Crippen LogP contribution in [0, 0.1) is 6.92 Å². The number of aryl methyl sites for hydroxylation is 1. The number of hydrogen-bond acceptors (Lipinski definition) is 6. The third kappa shape index (κ3) is 2.98. The summed E-state index contributed by atoms with van der Waals surface area (Å²) in [5.74, 6) is -2.83. The molecular formula is C14H15F2N3O4S. The van der Waals surface area contributed by atoms with Crippen LogP contribution in [0.3, 0.4) is 0 Å². The second-order valence-electron chi connectivity index (χ2n) is 5.46. The van der Waals surface area contributed by atoms with Gasteiger partial charge < -0.3 is 9.15 Å². The third-order valence-electron chi connectivity index (χ3n) is 3.70. The zero-order valence-electron chi connectivity index (χ0n) is 12.9. The van der Waals surface area contributed by atoms with Crippen molar-refractivity contribution in [1.29, 1.82) is 0 Å². The van der Waals surface area contributed by atoms with Crippen molar-refractivity contribution in [1.82, 2.24) is 14.5 Å². The van der Waals surface area contributed by atoms with Crippen molar-refractivity contribution in [3.8, 4) is 5.75 Å². The smallest absolute Gasteiger partial charge is 0.263 e. The van der Waals surface area contributed by atoms with Gasteiger partial charge in [-0.25, -0.2) is 17.2 Å². The van der Waals surface area contributed by atoms with Crippen molar-refractivity contribution >= 4 is 10.0 Å². The first-order valence-electron chi connectivity index (χ1n) is 7.07. The molecule has 1 aliphatic rings. The van der Waals surface area contributed by atoms with Gasteiger partial charge >= 0.3 is 0 Å². The van der Waals surface area contributed by atoms with Gasteiger partial charge in [0.25, 0.3) is 5.92 Å². The second-order valence-corrected chi connectivity index (χ2v) is 7.35. The van der Waals surface area contributed by atoms with Crippen molar-refractivity contribution in [3.05, 3.63) is 36.0 Å². The maximum absolute atomic E-state index is 13.9. The van der Waals surface area contributed by atoms with Gasteiger partial charge in [0.05, 0.1) is 18.6 Å². The molecule has 0 amide bonds. The van der Waals surface area contributed by atoms with Gasteiger partial charge in [0.15, 0.2) is 0 Å². The van der Waals surface area contributed by atoms with Crippen LogP contribution in [0.25, 0.3) is 0 Å². The molecule has 0 radical (unpaired) electrons. The van der Waals surface area contributed by atoms with Crippen molar-refractivity contribution in [2.75, 3.05) is 13.7 Å². The molecule has 0 N–H and O–H groups in total. The van der Waals surface area contributed by atoms with Gasteiger partial charge in [-0.3, -0.25) is 0 Å². The van der Waals surface area contributed by atoms with E-state index < -0.39 is 35.0 Å². The fraction of sp³-hybridized carbons (Fsp3) is 0.429. The number of halogens is 2. The number of aromatic nitrogens is 2. The first kappa shape index (κ1) is 16.8. The highest BCUT2D eigenvalue weighted by atomic mass is 32.2. The summed E-state index contributed by atoms with van der Waals surface area (Å²) in [7, 11) is -2.80. The van der Waals surface area contributed by atoms with Gasteiger partial charge in [0.2, 0.25) is 21.8 Å². The first-order valence-corrected chi connectivity index (χ1v) is 8.51. The molecule has 0 bridgehead atoms. The number of alkyl halides is 2. The van der Waals surface area contributed by atoms with E-state index in [0.29, 0.717) is 10.1 Å². The highest BCUT2D eigenvalue weighted by Gasteiger charge is 2.52. The summed E-state index contributed by atoms with van der Waals surface area (Å²) in [6.45, 7) is 0.559. The summed E-state index contributed by atoms with van der Waals surface area (Å²) in [5.41, 5.74) is 0. The minimum Gasteiger partial charge on any atom is -0.497 e. The molecule has 0 saturated carbocycles. The number of benzene rings is 1. The Balaban J connectivity index is 2.03. The van der Waals surface area contributed by atoms with Gasteiger partial charge in [-0.15, -0.1) is 10.2 Å². The van der Waals surface area contributed by atoms with Crippen molar-refractivity contribution in [2.45, 2.75) is 30.2 Å². The van der Waals surface area contributed by atoms with Crippen LogP contribution in [-0.4, -0.2) is 42.5 Å². The minimum atomic E-state index is -4.18. The number of methoxy groups -OCH3 is 1. The van der Waals surface area contributed by atoms with Crippen LogP contribution in [0.4, 0.5) is 8.78 Å². The largest absolute Gasteiger partial charge is 0.497 e. The van der Waals surface area contributed by atoms with Crippen LogP contribution >= 0.6 is 0 Å². The molecule has 1 aliphatic heterocycles. The summed E-state index contributed by atoms with van der Waals surface area (Å²) >= 11 is 0. The van der Waals surface area contributed by atoms with Crippen molar-refractivity contribution in [2.24, 2.45) is 0 Å². The van der Waals surface area contributed by atoms with Crippen LogP contribution in [0.15, 0.2) is 33.6 Å². The molecule has 1 saturated heterocycles. The predicted octanol–water partition coefficient (Wildman–Crippen LogP) is 2.16. The summed E-state index contributed by atoms with van der Waals surface area (Å²) < 4.78 is 64.4. The third-order valence-corrected chi connectivity index (χ3v) is 5.55. The Morgan fingerprint density at radius 2 is 2.12 bits per heavy atom. The van der Waals surface area contributed by atoms with Gasteiger partial charge in [-0.2, -0.15) is 4.31 Å². The Kier molecular flexibility index (Phi) is 4.04. The molecule has 0 unspecified atom stereocenters. The quantitative estimate of drug-likeness (QED) is 0.832. The summed E-state index contributed by atoms with van der Waals surface area (Å²) in [4.78, 5) is -0.138. The Morgan fingerprint density at radius 1 is 1.38 bits per heavy atom. The maximum Gasteiger partial charge on any atom is 0.263 e. The van der Waals surface area contributed by atoms with Crippen molar-refractivity contribution < 1.29 is 26.4 Å². The highest BCUT2D eigenvalue weighted by Crippen LogP contribution is 2.43. The number of rotatable bonds is 4. The summed E-state index contributed by atoms with van der Waals surface area (Å²) in [6.07, 6.45) is -0.710. The molecule has 1 fully saturated rings. The second kappa shape index (κ2) is 5.78. The normalized spacial score (nSPS) is 21.1. The molecule has 1 aromatic carbocycles. The first-order chi connectivity index (χ1) is 11.2. The summed E-state index contributed by atoms with van der Waals surface area (Å²) in [6, 6.07) is 4.44. The van der Waals surface area contributed by atoms with Crippen LogP contribution in [0.5, 0.6) is 5.75 Å².